The summed E-state index contributed by atoms with van der Waals surface area (Å²) in [6.45, 7) is 4.67. The van der Waals surface area contributed by atoms with Crippen LogP contribution in [0.4, 0.5) is 5.82 Å². The van der Waals surface area contributed by atoms with Crippen LogP contribution in [0.5, 0.6) is 0 Å². The smallest absolute Gasteiger partial charge is 0.273 e. The Morgan fingerprint density at radius 2 is 1.94 bits per heavy atom. The van der Waals surface area contributed by atoms with Crippen molar-refractivity contribution in [2.24, 2.45) is 0 Å². The summed E-state index contributed by atoms with van der Waals surface area (Å²) < 4.78 is 0. The SMILES string of the molecule is CCc1ccc(CN(Cc2ncccc2P)C(=O)c2cc3cc(C)c(N)nc3cn2)nc1. The minimum Gasteiger partial charge on any atom is -0.383 e. The molecule has 0 saturated heterocycles. The van der Waals surface area contributed by atoms with Crippen LogP contribution in [0.1, 0.15) is 39.9 Å². The standard InChI is InChI=1S/C24H25N6OP/c1-3-16-6-7-18(27-11-16)13-30(14-21-22(32)5-4-8-26-21)24(31)19-10-17-9-15(2)23(25)29-20(17)12-28-19/h4-12H,3,13-14,32H2,1-2H3,(H2,25,29). The van der Waals surface area contributed by atoms with Gasteiger partial charge in [0.05, 0.1) is 36.2 Å². The Morgan fingerprint density at radius 3 is 2.66 bits per heavy atom. The van der Waals surface area contributed by atoms with E-state index in [1.165, 1.54) is 0 Å². The Morgan fingerprint density at radius 1 is 1.09 bits per heavy atom. The highest BCUT2D eigenvalue weighted by Crippen LogP contribution is 2.19. The Bertz CT molecular complexity index is 1280. The second kappa shape index (κ2) is 9.37. The third-order valence-corrected chi connectivity index (χ3v) is 5.88. The normalized spacial score (nSPS) is 11.0. The molecule has 0 aliphatic carbocycles. The molecule has 0 fully saturated rings. The first-order chi connectivity index (χ1) is 15.4. The van der Waals surface area contributed by atoms with Gasteiger partial charge in [-0.15, -0.1) is 9.24 Å². The molecule has 2 N–H and O–H groups in total. The van der Waals surface area contributed by atoms with Crippen molar-refractivity contribution in [3.8, 4) is 0 Å². The van der Waals surface area contributed by atoms with Crippen molar-refractivity contribution in [3.63, 3.8) is 0 Å². The first-order valence-electron chi connectivity index (χ1n) is 10.4. The summed E-state index contributed by atoms with van der Waals surface area (Å²) in [6.07, 6.45) is 6.09. The van der Waals surface area contributed by atoms with Crippen LogP contribution in [-0.4, -0.2) is 30.7 Å². The Hall–Kier alpha value is -3.44. The molecule has 0 aromatic carbocycles. The van der Waals surface area contributed by atoms with Gasteiger partial charge in [0.15, 0.2) is 0 Å². The molecule has 4 aromatic heterocycles. The third kappa shape index (κ3) is 4.73. The number of aromatic nitrogens is 4. The van der Waals surface area contributed by atoms with Gasteiger partial charge in [0, 0.05) is 17.8 Å². The summed E-state index contributed by atoms with van der Waals surface area (Å²) in [5, 5.41) is 1.77. The number of anilines is 1. The molecule has 0 aliphatic rings. The molecular formula is C24H25N6OP. The summed E-state index contributed by atoms with van der Waals surface area (Å²) in [5.41, 5.74) is 10.5. The summed E-state index contributed by atoms with van der Waals surface area (Å²) in [6, 6.07) is 11.5. The van der Waals surface area contributed by atoms with E-state index in [9.17, 15) is 4.79 Å². The predicted octanol–water partition coefficient (Wildman–Crippen LogP) is 3.22. The zero-order valence-electron chi connectivity index (χ0n) is 18.1. The van der Waals surface area contributed by atoms with Gasteiger partial charge in [0.25, 0.3) is 5.91 Å². The van der Waals surface area contributed by atoms with Crippen LogP contribution in [0, 0.1) is 6.92 Å². The number of nitrogens with zero attached hydrogens (tertiary/aromatic N) is 5. The Labute approximate surface area is 189 Å². The number of carbonyl (C=O) groups excluding carboxylic acids is 1. The van der Waals surface area contributed by atoms with Crippen LogP contribution < -0.4 is 11.0 Å². The summed E-state index contributed by atoms with van der Waals surface area (Å²) in [4.78, 5) is 33.0. The van der Waals surface area contributed by atoms with E-state index < -0.39 is 0 Å². The lowest BCUT2D eigenvalue weighted by molar-refractivity contribution is 0.0720. The van der Waals surface area contributed by atoms with Gasteiger partial charge in [-0.05, 0) is 54.0 Å². The lowest BCUT2D eigenvalue weighted by Gasteiger charge is -2.23. The van der Waals surface area contributed by atoms with Crippen LogP contribution >= 0.6 is 9.24 Å². The molecule has 4 heterocycles. The molecule has 32 heavy (non-hydrogen) atoms. The van der Waals surface area contributed by atoms with Gasteiger partial charge >= 0.3 is 0 Å². The van der Waals surface area contributed by atoms with Crippen LogP contribution in [0.15, 0.2) is 55.0 Å². The van der Waals surface area contributed by atoms with Crippen molar-refractivity contribution in [2.75, 3.05) is 5.73 Å². The molecule has 1 atom stereocenters. The molecule has 4 aromatic rings. The highest BCUT2D eigenvalue weighted by atomic mass is 31.0. The maximum absolute atomic E-state index is 13.5. The Balaban J connectivity index is 1.68. The van der Waals surface area contributed by atoms with Crippen molar-refractivity contribution < 1.29 is 4.79 Å². The number of fused-ring (bicyclic) bond motifs is 1. The van der Waals surface area contributed by atoms with Crippen molar-refractivity contribution in [1.29, 1.82) is 0 Å². The van der Waals surface area contributed by atoms with Crippen molar-refractivity contribution in [2.45, 2.75) is 33.4 Å². The number of rotatable bonds is 6. The summed E-state index contributed by atoms with van der Waals surface area (Å²) in [5.74, 6) is 0.266. The fourth-order valence-electron chi connectivity index (χ4n) is 3.39. The van der Waals surface area contributed by atoms with E-state index >= 15 is 0 Å². The highest BCUT2D eigenvalue weighted by Gasteiger charge is 2.20. The fourth-order valence-corrected chi connectivity index (χ4v) is 3.67. The second-order valence-corrected chi connectivity index (χ2v) is 8.29. The molecule has 4 rings (SSSR count). The summed E-state index contributed by atoms with van der Waals surface area (Å²) >= 11 is 0. The van der Waals surface area contributed by atoms with Gasteiger partial charge in [0.1, 0.15) is 11.5 Å². The van der Waals surface area contributed by atoms with E-state index in [1.54, 1.807) is 23.4 Å². The largest absolute Gasteiger partial charge is 0.383 e. The first kappa shape index (κ1) is 21.8. The second-order valence-electron chi connectivity index (χ2n) is 7.66. The molecule has 0 bridgehead atoms. The average molecular weight is 444 g/mol. The van der Waals surface area contributed by atoms with E-state index in [0.717, 1.165) is 39.6 Å². The number of pyridine rings is 4. The lowest BCUT2D eigenvalue weighted by atomic mass is 10.1. The number of nitrogen functional groups attached to an aromatic ring is 1. The van der Waals surface area contributed by atoms with Gasteiger partial charge in [-0.2, -0.15) is 0 Å². The number of hydrogen-bond acceptors (Lipinski definition) is 6. The van der Waals surface area contributed by atoms with Gasteiger partial charge in [-0.3, -0.25) is 14.8 Å². The van der Waals surface area contributed by atoms with E-state index in [0.29, 0.717) is 30.1 Å². The maximum atomic E-state index is 13.5. The van der Waals surface area contributed by atoms with Crippen LogP contribution in [0.3, 0.4) is 0 Å². The van der Waals surface area contributed by atoms with Crippen molar-refractivity contribution in [1.82, 2.24) is 24.8 Å². The van der Waals surface area contributed by atoms with Crippen LogP contribution in [0.25, 0.3) is 10.9 Å². The zero-order valence-corrected chi connectivity index (χ0v) is 19.3. The first-order valence-corrected chi connectivity index (χ1v) is 11.0. The lowest BCUT2D eigenvalue weighted by Crippen LogP contribution is -2.32. The van der Waals surface area contributed by atoms with E-state index in [2.05, 4.69) is 36.1 Å². The topological polar surface area (TPSA) is 97.9 Å². The molecule has 0 aliphatic heterocycles. The highest BCUT2D eigenvalue weighted by molar-refractivity contribution is 7.27. The molecule has 0 radical (unpaired) electrons. The average Bonchev–Trinajstić information content (AvgIpc) is 2.80. The minimum absolute atomic E-state index is 0.196. The quantitative estimate of drug-likeness (QED) is 0.459. The molecule has 8 heteroatoms. The van der Waals surface area contributed by atoms with Gasteiger partial charge in [-0.25, -0.2) is 9.97 Å². The van der Waals surface area contributed by atoms with E-state index in [1.807, 2.05) is 43.5 Å². The molecule has 0 spiro atoms. The summed E-state index contributed by atoms with van der Waals surface area (Å²) in [7, 11) is 2.68. The monoisotopic (exact) mass is 444 g/mol. The predicted molar refractivity (Wildman–Crippen MR) is 129 cm³/mol. The number of carbonyl (C=O) groups is 1. The number of nitrogens with two attached hydrogens (primary N) is 1. The molecular weight excluding hydrogens is 419 g/mol. The molecule has 162 valence electrons. The molecule has 1 amide bonds. The van der Waals surface area contributed by atoms with Crippen molar-refractivity contribution in [3.05, 3.63) is 83.2 Å². The number of hydrogen-bond donors (Lipinski definition) is 1. The minimum atomic E-state index is -0.196. The fraction of sp³-hybridized carbons (Fsp3) is 0.208. The van der Waals surface area contributed by atoms with Gasteiger partial charge in [0.2, 0.25) is 0 Å². The zero-order chi connectivity index (χ0) is 22.7. The number of amides is 1. The van der Waals surface area contributed by atoms with Crippen LogP contribution in [0.2, 0.25) is 0 Å². The number of aryl methyl sites for hydroxylation is 2. The van der Waals surface area contributed by atoms with E-state index in [-0.39, 0.29) is 5.91 Å². The molecule has 7 nitrogen and oxygen atoms in total. The van der Waals surface area contributed by atoms with Gasteiger partial charge in [-0.1, -0.05) is 19.1 Å². The molecule has 0 saturated carbocycles. The molecule has 1 unspecified atom stereocenters. The Kier molecular flexibility index (Phi) is 6.37. The van der Waals surface area contributed by atoms with Crippen LogP contribution in [-0.2, 0) is 19.5 Å². The van der Waals surface area contributed by atoms with E-state index in [4.69, 9.17) is 5.73 Å². The third-order valence-electron chi connectivity index (χ3n) is 5.35. The maximum Gasteiger partial charge on any atom is 0.273 e. The van der Waals surface area contributed by atoms with Crippen molar-refractivity contribution >= 4 is 37.2 Å². The van der Waals surface area contributed by atoms with Gasteiger partial charge < -0.3 is 10.6 Å².